The highest BCUT2D eigenvalue weighted by Crippen LogP contribution is 2.20. The van der Waals surface area contributed by atoms with Gasteiger partial charge in [0.05, 0.1) is 5.69 Å². The molecule has 98 valence electrons. The number of benzene rings is 1. The number of carbonyl (C=O) groups is 1. The Balaban J connectivity index is 1.85. The summed E-state index contributed by atoms with van der Waals surface area (Å²) in [4.78, 5) is 14.4. The van der Waals surface area contributed by atoms with Crippen molar-refractivity contribution >= 4 is 5.91 Å². The maximum absolute atomic E-state index is 12.5. The zero-order valence-electron chi connectivity index (χ0n) is 11.3. The van der Waals surface area contributed by atoms with Crippen LogP contribution < -0.4 is 0 Å². The van der Waals surface area contributed by atoms with E-state index >= 15 is 0 Å². The second-order valence-corrected chi connectivity index (χ2v) is 5.04. The minimum atomic E-state index is 0.0672. The van der Waals surface area contributed by atoms with Crippen molar-refractivity contribution in [3.8, 4) is 0 Å². The van der Waals surface area contributed by atoms with Crippen LogP contribution in [0.1, 0.15) is 27.3 Å². The number of aromatic nitrogens is 2. The van der Waals surface area contributed by atoms with Crippen molar-refractivity contribution < 1.29 is 4.79 Å². The van der Waals surface area contributed by atoms with Crippen LogP contribution in [0.5, 0.6) is 0 Å². The van der Waals surface area contributed by atoms with Crippen LogP contribution in [0.4, 0.5) is 0 Å². The van der Waals surface area contributed by atoms with Gasteiger partial charge in [0, 0.05) is 20.1 Å². The van der Waals surface area contributed by atoms with E-state index in [1.54, 1.807) is 4.68 Å². The lowest BCUT2D eigenvalue weighted by atomic mass is 10.00. The third-order valence-corrected chi connectivity index (χ3v) is 3.64. The van der Waals surface area contributed by atoms with Crippen LogP contribution in [0.3, 0.4) is 0 Å². The number of amides is 1. The van der Waals surface area contributed by atoms with Gasteiger partial charge in [-0.3, -0.25) is 9.48 Å². The van der Waals surface area contributed by atoms with Gasteiger partial charge in [-0.1, -0.05) is 24.3 Å². The Kier molecular flexibility index (Phi) is 2.85. The minimum Gasteiger partial charge on any atom is -0.333 e. The fourth-order valence-electron chi connectivity index (χ4n) is 2.64. The van der Waals surface area contributed by atoms with Crippen LogP contribution in [0.2, 0.25) is 0 Å². The Hall–Kier alpha value is -2.10. The molecule has 1 aliphatic heterocycles. The molecule has 0 spiro atoms. The molecule has 1 aliphatic rings. The number of fused-ring (bicyclic) bond motifs is 1. The lowest BCUT2D eigenvalue weighted by Crippen LogP contribution is -2.36. The normalized spacial score (nSPS) is 14.3. The molecule has 2 heterocycles. The second-order valence-electron chi connectivity index (χ2n) is 5.04. The van der Waals surface area contributed by atoms with Crippen molar-refractivity contribution in [3.05, 3.63) is 52.8 Å². The van der Waals surface area contributed by atoms with Gasteiger partial charge in [-0.2, -0.15) is 5.10 Å². The molecule has 0 bridgehead atoms. The van der Waals surface area contributed by atoms with E-state index in [9.17, 15) is 4.79 Å². The van der Waals surface area contributed by atoms with Crippen molar-refractivity contribution in [1.29, 1.82) is 0 Å². The van der Waals surface area contributed by atoms with E-state index in [0.29, 0.717) is 12.2 Å². The van der Waals surface area contributed by atoms with E-state index in [0.717, 1.165) is 18.7 Å². The average Bonchev–Trinajstić information content (AvgIpc) is 2.76. The van der Waals surface area contributed by atoms with Gasteiger partial charge in [-0.25, -0.2) is 0 Å². The van der Waals surface area contributed by atoms with Gasteiger partial charge in [-0.05, 0) is 30.5 Å². The van der Waals surface area contributed by atoms with Crippen LogP contribution in [0.15, 0.2) is 30.3 Å². The van der Waals surface area contributed by atoms with Crippen molar-refractivity contribution in [3.63, 3.8) is 0 Å². The number of hydrogen-bond donors (Lipinski definition) is 0. The van der Waals surface area contributed by atoms with Crippen molar-refractivity contribution in [1.82, 2.24) is 14.7 Å². The number of nitrogens with zero attached hydrogens (tertiary/aromatic N) is 3. The number of carbonyl (C=O) groups excluding carboxylic acids is 1. The van der Waals surface area contributed by atoms with E-state index < -0.39 is 0 Å². The van der Waals surface area contributed by atoms with Crippen LogP contribution in [-0.4, -0.2) is 27.1 Å². The first-order valence-electron chi connectivity index (χ1n) is 6.52. The van der Waals surface area contributed by atoms with E-state index in [-0.39, 0.29) is 5.91 Å². The number of aryl methyl sites for hydroxylation is 2. The fourth-order valence-corrected chi connectivity index (χ4v) is 2.64. The highest BCUT2D eigenvalue weighted by Gasteiger charge is 2.23. The molecular formula is C15H17N3O. The van der Waals surface area contributed by atoms with Crippen LogP contribution in [0, 0.1) is 6.92 Å². The molecular weight excluding hydrogens is 238 g/mol. The Morgan fingerprint density at radius 3 is 2.68 bits per heavy atom. The molecule has 0 fully saturated rings. The quantitative estimate of drug-likeness (QED) is 0.781. The summed E-state index contributed by atoms with van der Waals surface area (Å²) in [6, 6.07) is 10.2. The van der Waals surface area contributed by atoms with Gasteiger partial charge in [-0.15, -0.1) is 0 Å². The third kappa shape index (κ3) is 2.14. The molecule has 1 amide bonds. The van der Waals surface area contributed by atoms with Crippen LogP contribution in [-0.2, 0) is 20.0 Å². The SMILES string of the molecule is Cc1cc(C(=O)N2CCc3ccccc3C2)n(C)n1. The first kappa shape index (κ1) is 12.0. The molecule has 0 atom stereocenters. The molecule has 1 aromatic heterocycles. The molecule has 3 rings (SSSR count). The molecule has 0 N–H and O–H groups in total. The van der Waals surface area contributed by atoms with Crippen molar-refractivity contribution in [2.24, 2.45) is 7.05 Å². The van der Waals surface area contributed by atoms with E-state index in [1.165, 1.54) is 11.1 Å². The highest BCUT2D eigenvalue weighted by atomic mass is 16.2. The lowest BCUT2D eigenvalue weighted by molar-refractivity contribution is 0.0723. The number of rotatable bonds is 1. The van der Waals surface area contributed by atoms with Gasteiger partial charge in [0.2, 0.25) is 0 Å². The van der Waals surface area contributed by atoms with Gasteiger partial charge >= 0.3 is 0 Å². The lowest BCUT2D eigenvalue weighted by Gasteiger charge is -2.28. The van der Waals surface area contributed by atoms with Gasteiger partial charge in [0.25, 0.3) is 5.91 Å². The predicted molar refractivity (Wildman–Crippen MR) is 72.8 cm³/mol. The summed E-state index contributed by atoms with van der Waals surface area (Å²) >= 11 is 0. The third-order valence-electron chi connectivity index (χ3n) is 3.64. The summed E-state index contributed by atoms with van der Waals surface area (Å²) in [7, 11) is 1.82. The Labute approximate surface area is 112 Å². The van der Waals surface area contributed by atoms with Gasteiger partial charge in [0.15, 0.2) is 0 Å². The molecule has 0 radical (unpaired) electrons. The largest absolute Gasteiger partial charge is 0.333 e. The smallest absolute Gasteiger partial charge is 0.272 e. The Bertz CT molecular complexity index is 630. The summed E-state index contributed by atoms with van der Waals surface area (Å²) in [6.07, 6.45) is 0.929. The molecule has 4 heteroatoms. The van der Waals surface area contributed by atoms with Gasteiger partial charge < -0.3 is 4.90 Å². The molecule has 19 heavy (non-hydrogen) atoms. The highest BCUT2D eigenvalue weighted by molar-refractivity contribution is 5.92. The molecule has 1 aromatic carbocycles. The first-order chi connectivity index (χ1) is 9.15. The fraction of sp³-hybridized carbons (Fsp3) is 0.333. The van der Waals surface area contributed by atoms with E-state index in [1.807, 2.05) is 31.0 Å². The van der Waals surface area contributed by atoms with Gasteiger partial charge in [0.1, 0.15) is 5.69 Å². The Morgan fingerprint density at radius 1 is 1.26 bits per heavy atom. The van der Waals surface area contributed by atoms with Crippen LogP contribution in [0.25, 0.3) is 0 Å². The predicted octanol–water partition coefficient (Wildman–Crippen LogP) is 1.93. The van der Waals surface area contributed by atoms with Crippen molar-refractivity contribution in [2.45, 2.75) is 19.9 Å². The monoisotopic (exact) mass is 255 g/mol. The number of hydrogen-bond acceptors (Lipinski definition) is 2. The van der Waals surface area contributed by atoms with E-state index in [2.05, 4.69) is 23.3 Å². The minimum absolute atomic E-state index is 0.0672. The maximum atomic E-state index is 12.5. The maximum Gasteiger partial charge on any atom is 0.272 e. The van der Waals surface area contributed by atoms with Crippen LogP contribution >= 0.6 is 0 Å². The molecule has 0 saturated carbocycles. The standard InChI is InChI=1S/C15H17N3O/c1-11-9-14(17(2)16-11)15(19)18-8-7-12-5-3-4-6-13(12)10-18/h3-6,9H,7-8,10H2,1-2H3. The topological polar surface area (TPSA) is 38.1 Å². The summed E-state index contributed by atoms with van der Waals surface area (Å²) in [5.74, 6) is 0.0672. The molecule has 2 aromatic rings. The molecule has 0 aliphatic carbocycles. The van der Waals surface area contributed by atoms with E-state index in [4.69, 9.17) is 0 Å². The molecule has 4 nitrogen and oxygen atoms in total. The second kappa shape index (κ2) is 4.53. The van der Waals surface area contributed by atoms with Crippen molar-refractivity contribution in [2.75, 3.05) is 6.54 Å². The molecule has 0 saturated heterocycles. The summed E-state index contributed by atoms with van der Waals surface area (Å²) in [6.45, 7) is 3.38. The first-order valence-corrected chi connectivity index (χ1v) is 6.52. The summed E-state index contributed by atoms with van der Waals surface area (Å²) in [5.41, 5.74) is 4.15. The summed E-state index contributed by atoms with van der Waals surface area (Å²) < 4.78 is 1.66. The Morgan fingerprint density at radius 2 is 2.00 bits per heavy atom. The zero-order valence-corrected chi connectivity index (χ0v) is 11.3. The average molecular weight is 255 g/mol. The molecule has 0 unspecified atom stereocenters. The summed E-state index contributed by atoms with van der Waals surface area (Å²) in [5, 5.41) is 4.24. The zero-order chi connectivity index (χ0) is 13.4.